The van der Waals surface area contributed by atoms with Gasteiger partial charge in [-0.1, -0.05) is 0 Å². The molecule has 1 aromatic heterocycles. The van der Waals surface area contributed by atoms with E-state index in [9.17, 15) is 8.78 Å². The lowest BCUT2D eigenvalue weighted by Gasteiger charge is -2.05. The molecular formula is C11H11F2N3O. The number of methoxy groups -OCH3 is 1. The molecule has 0 unspecified atom stereocenters. The summed E-state index contributed by atoms with van der Waals surface area (Å²) >= 11 is 0. The van der Waals surface area contributed by atoms with Crippen molar-refractivity contribution in [3.05, 3.63) is 35.8 Å². The number of nitrogens with one attached hydrogen (secondary N) is 1. The molecule has 1 aromatic carbocycles. The highest BCUT2D eigenvalue weighted by Gasteiger charge is 2.13. The SMILES string of the molecule is COc1cc(F)c(-c2cnc(CN)[nH]2)cc1F. The summed E-state index contributed by atoms with van der Waals surface area (Å²) in [6.45, 7) is 0.209. The second-order valence-corrected chi connectivity index (χ2v) is 3.41. The van der Waals surface area contributed by atoms with E-state index in [0.717, 1.165) is 12.1 Å². The largest absolute Gasteiger partial charge is 0.494 e. The van der Waals surface area contributed by atoms with E-state index in [-0.39, 0.29) is 17.9 Å². The first kappa shape index (κ1) is 11.5. The van der Waals surface area contributed by atoms with E-state index in [1.54, 1.807) is 0 Å². The van der Waals surface area contributed by atoms with Crippen LogP contribution >= 0.6 is 0 Å². The van der Waals surface area contributed by atoms with Gasteiger partial charge in [0.15, 0.2) is 11.6 Å². The van der Waals surface area contributed by atoms with E-state index in [1.807, 2.05) is 0 Å². The van der Waals surface area contributed by atoms with Gasteiger partial charge in [-0.25, -0.2) is 13.8 Å². The quantitative estimate of drug-likeness (QED) is 0.858. The Morgan fingerprint density at radius 2 is 2.12 bits per heavy atom. The van der Waals surface area contributed by atoms with E-state index in [1.165, 1.54) is 13.3 Å². The highest BCUT2D eigenvalue weighted by atomic mass is 19.1. The maximum absolute atomic E-state index is 13.7. The van der Waals surface area contributed by atoms with Crippen molar-refractivity contribution in [3.63, 3.8) is 0 Å². The molecule has 0 saturated heterocycles. The number of aromatic amines is 1. The van der Waals surface area contributed by atoms with Crippen LogP contribution in [0.3, 0.4) is 0 Å². The van der Waals surface area contributed by atoms with Gasteiger partial charge in [0, 0.05) is 11.6 Å². The standard InChI is InChI=1S/C11H11F2N3O/c1-17-10-3-7(12)6(2-8(10)13)9-5-15-11(4-14)16-9/h2-3,5H,4,14H2,1H3,(H,15,16). The maximum Gasteiger partial charge on any atom is 0.165 e. The molecule has 1 heterocycles. The predicted molar refractivity (Wildman–Crippen MR) is 58.4 cm³/mol. The lowest BCUT2D eigenvalue weighted by Crippen LogP contribution is -1.98. The zero-order chi connectivity index (χ0) is 12.4. The molecule has 17 heavy (non-hydrogen) atoms. The summed E-state index contributed by atoms with van der Waals surface area (Å²) in [6.07, 6.45) is 1.41. The molecule has 0 radical (unpaired) electrons. The average Bonchev–Trinajstić information content (AvgIpc) is 2.80. The lowest BCUT2D eigenvalue weighted by atomic mass is 10.1. The van der Waals surface area contributed by atoms with Gasteiger partial charge in [-0.2, -0.15) is 0 Å². The molecule has 0 amide bonds. The Morgan fingerprint density at radius 1 is 1.35 bits per heavy atom. The van der Waals surface area contributed by atoms with Crippen molar-refractivity contribution in [1.29, 1.82) is 0 Å². The number of nitrogens with zero attached hydrogens (tertiary/aromatic N) is 1. The van der Waals surface area contributed by atoms with Gasteiger partial charge >= 0.3 is 0 Å². The van der Waals surface area contributed by atoms with Crippen LogP contribution in [0.15, 0.2) is 18.3 Å². The summed E-state index contributed by atoms with van der Waals surface area (Å²) in [5.41, 5.74) is 5.85. The summed E-state index contributed by atoms with van der Waals surface area (Å²) < 4.78 is 31.8. The van der Waals surface area contributed by atoms with Crippen molar-refractivity contribution in [2.45, 2.75) is 6.54 Å². The Hall–Kier alpha value is -1.95. The van der Waals surface area contributed by atoms with Crippen LogP contribution in [0, 0.1) is 11.6 Å². The van der Waals surface area contributed by atoms with Crippen molar-refractivity contribution in [1.82, 2.24) is 9.97 Å². The minimum atomic E-state index is -0.632. The van der Waals surface area contributed by atoms with Gasteiger partial charge < -0.3 is 15.5 Å². The number of rotatable bonds is 3. The van der Waals surface area contributed by atoms with Crippen LogP contribution in [0.5, 0.6) is 5.75 Å². The monoisotopic (exact) mass is 239 g/mol. The first-order valence-electron chi connectivity index (χ1n) is 4.93. The van der Waals surface area contributed by atoms with Crippen molar-refractivity contribution >= 4 is 0 Å². The van der Waals surface area contributed by atoms with Crippen LogP contribution < -0.4 is 10.5 Å². The third-order valence-electron chi connectivity index (χ3n) is 2.35. The van der Waals surface area contributed by atoms with Gasteiger partial charge in [0.2, 0.25) is 0 Å². The fourth-order valence-electron chi connectivity index (χ4n) is 1.49. The number of imidazole rings is 1. The lowest BCUT2D eigenvalue weighted by molar-refractivity contribution is 0.383. The Balaban J connectivity index is 2.48. The second-order valence-electron chi connectivity index (χ2n) is 3.41. The van der Waals surface area contributed by atoms with Crippen LogP contribution in [0.2, 0.25) is 0 Å². The second kappa shape index (κ2) is 4.50. The van der Waals surface area contributed by atoms with Crippen LogP contribution in [0.25, 0.3) is 11.3 Å². The van der Waals surface area contributed by atoms with Crippen LogP contribution in [-0.4, -0.2) is 17.1 Å². The Bertz CT molecular complexity index is 540. The van der Waals surface area contributed by atoms with E-state index in [2.05, 4.69) is 14.7 Å². The van der Waals surface area contributed by atoms with E-state index in [0.29, 0.717) is 11.5 Å². The van der Waals surface area contributed by atoms with Crippen molar-refractivity contribution in [2.24, 2.45) is 5.73 Å². The molecule has 2 aromatic rings. The van der Waals surface area contributed by atoms with E-state index < -0.39 is 11.6 Å². The average molecular weight is 239 g/mol. The molecule has 0 aliphatic rings. The summed E-state index contributed by atoms with van der Waals surface area (Å²) in [5.74, 6) is -0.844. The third-order valence-corrected chi connectivity index (χ3v) is 2.35. The molecule has 0 aliphatic carbocycles. The molecule has 0 bridgehead atoms. The Labute approximate surface area is 96.4 Å². The normalized spacial score (nSPS) is 10.6. The van der Waals surface area contributed by atoms with Crippen LogP contribution in [0.1, 0.15) is 5.82 Å². The molecular weight excluding hydrogens is 228 g/mol. The fourth-order valence-corrected chi connectivity index (χ4v) is 1.49. The van der Waals surface area contributed by atoms with Gasteiger partial charge in [-0.05, 0) is 6.07 Å². The number of H-pyrrole nitrogens is 1. The van der Waals surface area contributed by atoms with Crippen molar-refractivity contribution in [2.75, 3.05) is 7.11 Å². The summed E-state index contributed by atoms with van der Waals surface area (Å²) in [6, 6.07) is 2.05. The number of hydrogen-bond acceptors (Lipinski definition) is 3. The molecule has 6 heteroatoms. The number of halogens is 2. The fraction of sp³-hybridized carbons (Fsp3) is 0.182. The van der Waals surface area contributed by atoms with Gasteiger partial charge in [-0.15, -0.1) is 0 Å². The number of hydrogen-bond donors (Lipinski definition) is 2. The van der Waals surface area contributed by atoms with Crippen LogP contribution in [0.4, 0.5) is 8.78 Å². The molecule has 4 nitrogen and oxygen atoms in total. The number of ether oxygens (including phenoxy) is 1. The molecule has 0 spiro atoms. The van der Waals surface area contributed by atoms with E-state index in [4.69, 9.17) is 5.73 Å². The predicted octanol–water partition coefficient (Wildman–Crippen LogP) is 1.82. The van der Waals surface area contributed by atoms with Crippen LogP contribution in [-0.2, 0) is 6.54 Å². The first-order chi connectivity index (χ1) is 8.15. The Morgan fingerprint density at radius 3 is 2.71 bits per heavy atom. The third kappa shape index (κ3) is 2.12. The minimum absolute atomic E-state index is 0.0931. The topological polar surface area (TPSA) is 63.9 Å². The molecule has 0 atom stereocenters. The summed E-state index contributed by atoms with van der Waals surface area (Å²) in [5, 5.41) is 0. The van der Waals surface area contributed by atoms with Gasteiger partial charge in [0.1, 0.15) is 11.6 Å². The molecule has 0 saturated carbocycles. The van der Waals surface area contributed by atoms with Crippen molar-refractivity contribution in [3.8, 4) is 17.0 Å². The first-order valence-corrected chi connectivity index (χ1v) is 4.93. The number of nitrogens with two attached hydrogens (primary N) is 1. The number of benzene rings is 1. The molecule has 0 fully saturated rings. The zero-order valence-corrected chi connectivity index (χ0v) is 9.13. The maximum atomic E-state index is 13.7. The highest BCUT2D eigenvalue weighted by molar-refractivity contribution is 5.61. The molecule has 90 valence electrons. The summed E-state index contributed by atoms with van der Waals surface area (Å²) in [7, 11) is 1.28. The van der Waals surface area contributed by atoms with Gasteiger partial charge in [-0.3, -0.25) is 0 Å². The smallest absolute Gasteiger partial charge is 0.165 e. The van der Waals surface area contributed by atoms with Crippen molar-refractivity contribution < 1.29 is 13.5 Å². The molecule has 3 N–H and O–H groups in total. The van der Waals surface area contributed by atoms with Gasteiger partial charge in [0.05, 0.1) is 25.5 Å². The highest BCUT2D eigenvalue weighted by Crippen LogP contribution is 2.27. The number of aromatic nitrogens is 2. The minimum Gasteiger partial charge on any atom is -0.494 e. The van der Waals surface area contributed by atoms with E-state index >= 15 is 0 Å². The molecule has 2 rings (SSSR count). The summed E-state index contributed by atoms with van der Waals surface area (Å²) in [4.78, 5) is 6.72. The Kier molecular flexibility index (Phi) is 3.06. The molecule has 0 aliphatic heterocycles. The van der Waals surface area contributed by atoms with Gasteiger partial charge in [0.25, 0.3) is 0 Å². The zero-order valence-electron chi connectivity index (χ0n) is 9.13.